The van der Waals surface area contributed by atoms with Gasteiger partial charge in [-0.3, -0.25) is 4.79 Å². The summed E-state index contributed by atoms with van der Waals surface area (Å²) in [6.45, 7) is 1.55. The highest BCUT2D eigenvalue weighted by molar-refractivity contribution is 5.94. The lowest BCUT2D eigenvalue weighted by molar-refractivity contribution is 0.0932. The number of pyridine rings is 1. The molecule has 122 valence electrons. The van der Waals surface area contributed by atoms with Crippen LogP contribution in [0, 0.1) is 0 Å². The van der Waals surface area contributed by atoms with Crippen LogP contribution in [0.4, 0.5) is 6.01 Å². The number of carbonyl (C=O) groups is 1. The third-order valence-electron chi connectivity index (χ3n) is 4.22. The van der Waals surface area contributed by atoms with E-state index in [1.807, 2.05) is 42.5 Å². The SMILES string of the molecule is O=C(NC1CCCN(c2nc3ncccc3o2)C1)c1ccccc1. The summed E-state index contributed by atoms with van der Waals surface area (Å²) in [5, 5.41) is 3.10. The lowest BCUT2D eigenvalue weighted by Gasteiger charge is -2.32. The zero-order chi connectivity index (χ0) is 16.4. The van der Waals surface area contributed by atoms with Crippen molar-refractivity contribution in [2.45, 2.75) is 18.9 Å². The van der Waals surface area contributed by atoms with Gasteiger partial charge in [0.25, 0.3) is 11.9 Å². The van der Waals surface area contributed by atoms with Crippen molar-refractivity contribution in [3.05, 3.63) is 54.2 Å². The second kappa shape index (κ2) is 6.31. The molecule has 1 aliphatic heterocycles. The van der Waals surface area contributed by atoms with Crippen molar-refractivity contribution in [2.24, 2.45) is 0 Å². The van der Waals surface area contributed by atoms with Crippen LogP contribution in [0.2, 0.25) is 0 Å². The average molecular weight is 322 g/mol. The predicted molar refractivity (Wildman–Crippen MR) is 90.9 cm³/mol. The van der Waals surface area contributed by atoms with Crippen LogP contribution in [-0.4, -0.2) is 35.0 Å². The van der Waals surface area contributed by atoms with Crippen molar-refractivity contribution in [3.63, 3.8) is 0 Å². The Morgan fingerprint density at radius 1 is 1.21 bits per heavy atom. The zero-order valence-corrected chi connectivity index (χ0v) is 13.2. The number of anilines is 1. The molecule has 1 aliphatic rings. The molecule has 0 radical (unpaired) electrons. The molecule has 1 amide bonds. The number of hydrogen-bond donors (Lipinski definition) is 1. The Balaban J connectivity index is 1.46. The monoisotopic (exact) mass is 322 g/mol. The van der Waals surface area contributed by atoms with E-state index in [4.69, 9.17) is 4.42 Å². The van der Waals surface area contributed by atoms with E-state index in [0.717, 1.165) is 19.4 Å². The molecule has 0 aliphatic carbocycles. The number of amides is 1. The van der Waals surface area contributed by atoms with Gasteiger partial charge in [-0.05, 0) is 37.1 Å². The second-order valence-corrected chi connectivity index (χ2v) is 5.95. The molecule has 1 saturated heterocycles. The number of fused-ring (bicyclic) bond motifs is 1. The molecule has 6 heteroatoms. The molecule has 0 bridgehead atoms. The fourth-order valence-corrected chi connectivity index (χ4v) is 3.02. The number of rotatable bonds is 3. The van der Waals surface area contributed by atoms with Crippen LogP contribution in [0.15, 0.2) is 53.1 Å². The van der Waals surface area contributed by atoms with Gasteiger partial charge in [0, 0.05) is 30.9 Å². The summed E-state index contributed by atoms with van der Waals surface area (Å²) < 4.78 is 5.79. The number of aromatic nitrogens is 2. The van der Waals surface area contributed by atoms with E-state index in [1.54, 1.807) is 6.20 Å². The maximum Gasteiger partial charge on any atom is 0.300 e. The number of nitrogens with one attached hydrogen (secondary N) is 1. The number of piperidine rings is 1. The number of benzene rings is 1. The lowest BCUT2D eigenvalue weighted by atomic mass is 10.1. The third kappa shape index (κ3) is 2.95. The highest BCUT2D eigenvalue weighted by atomic mass is 16.4. The molecule has 4 rings (SSSR count). The molecule has 1 aromatic carbocycles. The minimum atomic E-state index is -0.0401. The van der Waals surface area contributed by atoms with Gasteiger partial charge in [0.1, 0.15) is 0 Å². The van der Waals surface area contributed by atoms with Gasteiger partial charge in [-0.1, -0.05) is 18.2 Å². The quantitative estimate of drug-likeness (QED) is 0.802. The molecule has 1 atom stereocenters. The molecule has 1 unspecified atom stereocenters. The van der Waals surface area contributed by atoms with Gasteiger partial charge in [0.05, 0.1) is 0 Å². The van der Waals surface area contributed by atoms with E-state index >= 15 is 0 Å². The largest absolute Gasteiger partial charge is 0.422 e. The topological polar surface area (TPSA) is 71.3 Å². The van der Waals surface area contributed by atoms with Gasteiger partial charge < -0.3 is 14.6 Å². The highest BCUT2D eigenvalue weighted by Gasteiger charge is 2.25. The van der Waals surface area contributed by atoms with Gasteiger partial charge in [-0.2, -0.15) is 4.98 Å². The van der Waals surface area contributed by atoms with E-state index in [0.29, 0.717) is 29.4 Å². The third-order valence-corrected chi connectivity index (χ3v) is 4.22. The van der Waals surface area contributed by atoms with Crippen LogP contribution in [0.25, 0.3) is 11.2 Å². The van der Waals surface area contributed by atoms with E-state index in [-0.39, 0.29) is 11.9 Å². The summed E-state index contributed by atoms with van der Waals surface area (Å²) >= 11 is 0. The molecule has 2 aromatic heterocycles. The number of hydrogen-bond acceptors (Lipinski definition) is 5. The van der Waals surface area contributed by atoms with Crippen molar-refractivity contribution >= 4 is 23.2 Å². The van der Waals surface area contributed by atoms with Crippen LogP contribution >= 0.6 is 0 Å². The Morgan fingerprint density at radius 3 is 2.92 bits per heavy atom. The summed E-state index contributed by atoms with van der Waals surface area (Å²) in [5.74, 6) is -0.0401. The van der Waals surface area contributed by atoms with Crippen molar-refractivity contribution in [2.75, 3.05) is 18.0 Å². The summed E-state index contributed by atoms with van der Waals surface area (Å²) in [7, 11) is 0. The Bertz CT molecular complexity index is 813. The fraction of sp³-hybridized carbons (Fsp3) is 0.278. The van der Waals surface area contributed by atoms with E-state index in [9.17, 15) is 4.79 Å². The Morgan fingerprint density at radius 2 is 2.08 bits per heavy atom. The number of oxazole rings is 1. The molecule has 0 saturated carbocycles. The van der Waals surface area contributed by atoms with E-state index in [2.05, 4.69) is 20.2 Å². The first kappa shape index (κ1) is 14.7. The molecule has 6 nitrogen and oxygen atoms in total. The van der Waals surface area contributed by atoms with Crippen molar-refractivity contribution in [3.8, 4) is 0 Å². The van der Waals surface area contributed by atoms with Crippen LogP contribution in [0.3, 0.4) is 0 Å². The second-order valence-electron chi connectivity index (χ2n) is 5.95. The van der Waals surface area contributed by atoms with Gasteiger partial charge in [-0.25, -0.2) is 4.98 Å². The Kier molecular flexibility index (Phi) is 3.86. The van der Waals surface area contributed by atoms with Gasteiger partial charge in [0.15, 0.2) is 5.58 Å². The van der Waals surface area contributed by atoms with Crippen LogP contribution in [-0.2, 0) is 0 Å². The molecule has 1 fully saturated rings. The summed E-state index contributed by atoms with van der Waals surface area (Å²) in [6.07, 6.45) is 3.63. The van der Waals surface area contributed by atoms with Crippen LogP contribution in [0.5, 0.6) is 0 Å². The molecule has 0 spiro atoms. The molecule has 24 heavy (non-hydrogen) atoms. The van der Waals surface area contributed by atoms with E-state index < -0.39 is 0 Å². The zero-order valence-electron chi connectivity index (χ0n) is 13.2. The van der Waals surface area contributed by atoms with Gasteiger partial charge in [-0.15, -0.1) is 0 Å². The molecular weight excluding hydrogens is 304 g/mol. The van der Waals surface area contributed by atoms with Gasteiger partial charge >= 0.3 is 0 Å². The van der Waals surface area contributed by atoms with Crippen molar-refractivity contribution in [1.29, 1.82) is 0 Å². The Hall–Kier alpha value is -2.89. The van der Waals surface area contributed by atoms with Crippen molar-refractivity contribution < 1.29 is 9.21 Å². The minimum Gasteiger partial charge on any atom is -0.422 e. The first-order chi connectivity index (χ1) is 11.8. The number of carbonyl (C=O) groups excluding carboxylic acids is 1. The minimum absolute atomic E-state index is 0.0401. The first-order valence-electron chi connectivity index (χ1n) is 8.12. The summed E-state index contributed by atoms with van der Waals surface area (Å²) in [5.41, 5.74) is 1.98. The molecule has 1 N–H and O–H groups in total. The van der Waals surface area contributed by atoms with Gasteiger partial charge in [0.2, 0.25) is 5.65 Å². The molecule has 3 aromatic rings. The molecule has 3 heterocycles. The standard InChI is InChI=1S/C18H18N4O2/c23-17(13-6-2-1-3-7-13)20-14-8-5-11-22(12-14)18-21-16-15(24-18)9-4-10-19-16/h1-4,6-7,9-10,14H,5,8,11-12H2,(H,20,23). The maximum atomic E-state index is 12.3. The lowest BCUT2D eigenvalue weighted by Crippen LogP contribution is -2.48. The Labute approximate surface area is 139 Å². The highest BCUT2D eigenvalue weighted by Crippen LogP contribution is 2.23. The molecular formula is C18H18N4O2. The number of nitrogens with zero attached hydrogens (tertiary/aromatic N) is 3. The first-order valence-corrected chi connectivity index (χ1v) is 8.12. The maximum absolute atomic E-state index is 12.3. The van der Waals surface area contributed by atoms with E-state index in [1.165, 1.54) is 0 Å². The summed E-state index contributed by atoms with van der Waals surface area (Å²) in [4.78, 5) is 23.0. The summed E-state index contributed by atoms with van der Waals surface area (Å²) in [6, 6.07) is 13.6. The van der Waals surface area contributed by atoms with Crippen LogP contribution < -0.4 is 10.2 Å². The normalized spacial score (nSPS) is 17.8. The fourth-order valence-electron chi connectivity index (χ4n) is 3.02. The average Bonchev–Trinajstić information content (AvgIpc) is 3.07. The van der Waals surface area contributed by atoms with Crippen molar-refractivity contribution in [1.82, 2.24) is 15.3 Å². The smallest absolute Gasteiger partial charge is 0.300 e. The predicted octanol–water partition coefficient (Wildman–Crippen LogP) is 2.62. The van der Waals surface area contributed by atoms with Crippen LogP contribution in [0.1, 0.15) is 23.2 Å².